The molecule has 208 valence electrons. The molecule has 2 aromatic carbocycles. The van der Waals surface area contributed by atoms with E-state index >= 15 is 0 Å². The number of unbranched alkanes of at least 4 members (excludes halogenated alkanes) is 2. The molecule has 38 heavy (non-hydrogen) atoms. The number of para-hydroxylation sites is 2. The van der Waals surface area contributed by atoms with Crippen molar-refractivity contribution in [3.8, 4) is 23.0 Å². The van der Waals surface area contributed by atoms with Crippen LogP contribution in [-0.2, 0) is 4.79 Å². The van der Waals surface area contributed by atoms with Gasteiger partial charge in [0.1, 0.15) is 0 Å². The second-order valence-corrected chi connectivity index (χ2v) is 30.8. The van der Waals surface area contributed by atoms with E-state index in [2.05, 4.69) is 19.8 Å². The van der Waals surface area contributed by atoms with Crippen LogP contribution in [0.5, 0.6) is 23.0 Å². The summed E-state index contributed by atoms with van der Waals surface area (Å²) in [5.41, 5.74) is 1.93. The molecule has 0 spiro atoms. The van der Waals surface area contributed by atoms with Gasteiger partial charge in [-0.05, 0) is 0 Å². The first-order valence-electron chi connectivity index (χ1n) is 14.8. The first kappa shape index (κ1) is 29.9. The summed E-state index contributed by atoms with van der Waals surface area (Å²) < 4.78 is 27.3. The van der Waals surface area contributed by atoms with E-state index in [1.807, 2.05) is 36.4 Å². The standard InChI is InChI=1S/C27H32O5.4CH3.2Sn.2H/c1-3-5-15-29-23-11-7-9-21-19(13-17-31-26(21)23)25(28)20-14-18-32-27-22(20)10-8-12-24(27)30-16-6-4-2;;;;;;;;/h7-12,19-20H,1-6,13-18H2;4*1H3;;;;. The average Bonchev–Trinajstić information content (AvgIpc) is 2.91. The fraction of sp³-hybridized carbons (Fsp3) is 0.581. The number of carbonyl (C=O) groups is 1. The molecule has 0 amide bonds. The van der Waals surface area contributed by atoms with Crippen LogP contribution in [0.1, 0.15) is 61.5 Å². The van der Waals surface area contributed by atoms with E-state index in [9.17, 15) is 4.79 Å². The van der Waals surface area contributed by atoms with Gasteiger partial charge in [-0.1, -0.05) is 0 Å². The summed E-state index contributed by atoms with van der Waals surface area (Å²) in [5, 5.41) is 0. The van der Waals surface area contributed by atoms with Gasteiger partial charge in [-0.2, -0.15) is 0 Å². The maximum atomic E-state index is 14.0. The SMILES string of the molecule is [CH3][SnH]([CH3])[CH2]CCCOc1cccc2c1OCCC2C(=O)C1CCOc2c(OCCC[CH2][SnH]([CH3])[CH3])cccc21. The van der Waals surface area contributed by atoms with Crippen LogP contribution in [0.15, 0.2) is 36.4 Å². The summed E-state index contributed by atoms with van der Waals surface area (Å²) in [6.45, 7) is 2.47. The molecule has 0 N–H and O–H groups in total. The van der Waals surface area contributed by atoms with Crippen LogP contribution in [0.25, 0.3) is 0 Å². The summed E-state index contributed by atoms with van der Waals surface area (Å²) in [5.74, 6) is 2.93. The molecule has 0 saturated carbocycles. The molecule has 7 heteroatoms. The molecule has 0 bridgehead atoms. The minimum atomic E-state index is -1.14. The zero-order chi connectivity index (χ0) is 26.9. The Bertz CT molecular complexity index is 973. The summed E-state index contributed by atoms with van der Waals surface area (Å²) >= 11 is -2.28. The van der Waals surface area contributed by atoms with Crippen molar-refractivity contribution < 1.29 is 23.7 Å². The second-order valence-electron chi connectivity index (χ2n) is 11.6. The predicted octanol–water partition coefficient (Wildman–Crippen LogP) is 6.98. The Labute approximate surface area is 243 Å². The van der Waals surface area contributed by atoms with Gasteiger partial charge in [0.25, 0.3) is 0 Å². The quantitative estimate of drug-likeness (QED) is 0.155. The number of hydrogen-bond donors (Lipinski definition) is 0. The molecule has 2 unspecified atom stereocenters. The zero-order valence-corrected chi connectivity index (χ0v) is 30.4. The third-order valence-corrected chi connectivity index (χ3v) is 16.6. The molecule has 0 aromatic heterocycles. The molecule has 2 aromatic rings. The number of Topliss-reactive ketones (excluding diaryl/α,β-unsaturated/α-hetero) is 1. The number of ketones is 1. The Kier molecular flexibility index (Phi) is 11.8. The second kappa shape index (κ2) is 15.1. The molecule has 5 nitrogen and oxygen atoms in total. The fourth-order valence-corrected chi connectivity index (χ4v) is 11.8. The number of rotatable bonds is 14. The van der Waals surface area contributed by atoms with Crippen LogP contribution in [0.3, 0.4) is 0 Å². The Morgan fingerprint density at radius 3 is 1.61 bits per heavy atom. The van der Waals surface area contributed by atoms with Crippen LogP contribution in [-0.4, -0.2) is 71.7 Å². The normalized spacial score (nSPS) is 18.4. The van der Waals surface area contributed by atoms with Crippen LogP contribution >= 0.6 is 0 Å². The number of ether oxygens (including phenoxy) is 4. The maximum absolute atomic E-state index is 14.0. The molecule has 2 aliphatic heterocycles. The Morgan fingerprint density at radius 2 is 1.18 bits per heavy atom. The van der Waals surface area contributed by atoms with E-state index < -0.39 is 39.5 Å². The van der Waals surface area contributed by atoms with E-state index in [1.54, 1.807) is 0 Å². The van der Waals surface area contributed by atoms with Crippen molar-refractivity contribution in [2.45, 2.75) is 79.0 Å². The van der Waals surface area contributed by atoms with Crippen molar-refractivity contribution in [1.29, 1.82) is 0 Å². The monoisotopic (exact) mass is 738 g/mol. The van der Waals surface area contributed by atoms with Crippen molar-refractivity contribution in [2.75, 3.05) is 26.4 Å². The van der Waals surface area contributed by atoms with Crippen molar-refractivity contribution in [3.63, 3.8) is 0 Å². The summed E-state index contributed by atoms with van der Waals surface area (Å²) in [7, 11) is 0. The van der Waals surface area contributed by atoms with E-state index in [0.29, 0.717) is 39.3 Å². The van der Waals surface area contributed by atoms with E-state index in [-0.39, 0.29) is 17.6 Å². The molecule has 2 heterocycles. The Morgan fingerprint density at radius 1 is 0.737 bits per heavy atom. The van der Waals surface area contributed by atoms with Crippen LogP contribution in [0, 0.1) is 0 Å². The molecule has 2 aliphatic rings. The van der Waals surface area contributed by atoms with Gasteiger partial charge in [-0.15, -0.1) is 0 Å². The van der Waals surface area contributed by atoms with Gasteiger partial charge in [0.2, 0.25) is 0 Å². The van der Waals surface area contributed by atoms with Crippen molar-refractivity contribution >= 4 is 45.3 Å². The molecular formula is C31H46O5Sn2. The molecule has 0 saturated heterocycles. The van der Waals surface area contributed by atoms with E-state index in [0.717, 1.165) is 47.0 Å². The first-order valence-corrected chi connectivity index (χ1v) is 32.6. The van der Waals surface area contributed by atoms with Gasteiger partial charge in [0.05, 0.1) is 0 Å². The molecule has 0 radical (unpaired) electrons. The van der Waals surface area contributed by atoms with Gasteiger partial charge < -0.3 is 0 Å². The summed E-state index contributed by atoms with van der Waals surface area (Å²) in [6.07, 6.45) is 6.04. The van der Waals surface area contributed by atoms with E-state index in [4.69, 9.17) is 18.9 Å². The summed E-state index contributed by atoms with van der Waals surface area (Å²) in [6, 6.07) is 12.0. The number of carbonyl (C=O) groups excluding carboxylic acids is 1. The Balaban J connectivity index is 1.45. The fourth-order valence-electron chi connectivity index (χ4n) is 5.53. The van der Waals surface area contributed by atoms with Crippen molar-refractivity contribution in [2.24, 2.45) is 0 Å². The third-order valence-electron chi connectivity index (χ3n) is 7.63. The van der Waals surface area contributed by atoms with Crippen LogP contribution in [0.2, 0.25) is 28.6 Å². The number of fused-ring (bicyclic) bond motifs is 2. The molecule has 0 fully saturated rings. The summed E-state index contributed by atoms with van der Waals surface area (Å²) in [4.78, 5) is 23.9. The van der Waals surface area contributed by atoms with Crippen molar-refractivity contribution in [3.05, 3.63) is 47.5 Å². The van der Waals surface area contributed by atoms with Crippen LogP contribution in [0.4, 0.5) is 0 Å². The van der Waals surface area contributed by atoms with Crippen molar-refractivity contribution in [1.82, 2.24) is 0 Å². The molecule has 2 atom stereocenters. The van der Waals surface area contributed by atoms with Gasteiger partial charge >= 0.3 is 245 Å². The van der Waals surface area contributed by atoms with Gasteiger partial charge in [0, 0.05) is 0 Å². The number of benzene rings is 2. The average molecular weight is 736 g/mol. The topological polar surface area (TPSA) is 54.0 Å². The minimum absolute atomic E-state index is 0.194. The van der Waals surface area contributed by atoms with Crippen LogP contribution < -0.4 is 18.9 Å². The van der Waals surface area contributed by atoms with Gasteiger partial charge in [-0.25, -0.2) is 0 Å². The predicted molar refractivity (Wildman–Crippen MR) is 160 cm³/mol. The molecular weight excluding hydrogens is 690 g/mol. The van der Waals surface area contributed by atoms with E-state index in [1.165, 1.54) is 21.7 Å². The zero-order valence-electron chi connectivity index (χ0n) is 23.8. The van der Waals surface area contributed by atoms with Gasteiger partial charge in [0.15, 0.2) is 0 Å². The molecule has 4 rings (SSSR count). The molecule has 0 aliphatic carbocycles. The Hall–Kier alpha value is -1.09. The first-order chi connectivity index (χ1) is 18.5. The number of hydrogen-bond acceptors (Lipinski definition) is 5. The third kappa shape index (κ3) is 7.98. The van der Waals surface area contributed by atoms with Gasteiger partial charge in [-0.3, -0.25) is 0 Å².